The molecule has 0 saturated carbocycles. The first-order valence-corrected chi connectivity index (χ1v) is 10.9. The van der Waals surface area contributed by atoms with Crippen LogP contribution in [-0.2, 0) is 12.7 Å². The van der Waals surface area contributed by atoms with Gasteiger partial charge in [0.2, 0.25) is 0 Å². The van der Waals surface area contributed by atoms with E-state index in [2.05, 4.69) is 4.98 Å². The molecule has 5 rings (SSSR count). The van der Waals surface area contributed by atoms with Gasteiger partial charge in [0.25, 0.3) is 5.65 Å². The molecule has 0 atom stereocenters. The van der Waals surface area contributed by atoms with E-state index >= 15 is 0 Å². The van der Waals surface area contributed by atoms with Gasteiger partial charge in [0.15, 0.2) is 4.47 Å². The predicted octanol–water partition coefficient (Wildman–Crippen LogP) is 4.66. The van der Waals surface area contributed by atoms with Gasteiger partial charge in [-0.3, -0.25) is 0 Å². The molecule has 33 heavy (non-hydrogen) atoms. The highest BCUT2D eigenvalue weighted by Crippen LogP contribution is 2.33. The average Bonchev–Trinajstić information content (AvgIpc) is 3.20. The molecule has 5 aromatic rings. The number of alkyl halides is 3. The third kappa shape index (κ3) is 3.73. The predicted molar refractivity (Wildman–Crippen MR) is 117 cm³/mol. The fourth-order valence-electron chi connectivity index (χ4n) is 3.84. The minimum atomic E-state index is -4.61. The number of benzene rings is 2. The van der Waals surface area contributed by atoms with Gasteiger partial charge in [-0.2, -0.15) is 17.6 Å². The van der Waals surface area contributed by atoms with Gasteiger partial charge >= 0.3 is 11.7 Å². The van der Waals surface area contributed by atoms with Gasteiger partial charge in [-0.15, -0.1) is 11.3 Å². The van der Waals surface area contributed by atoms with E-state index in [0.29, 0.717) is 20.4 Å². The monoisotopic (exact) mass is 487 g/mol. The van der Waals surface area contributed by atoms with Crippen LogP contribution in [-0.4, -0.2) is 9.38 Å². The average molecular weight is 488 g/mol. The first-order valence-electron chi connectivity index (χ1n) is 9.69. The minimum Gasteiger partial charge on any atom is -0.842 e. The van der Waals surface area contributed by atoms with Crippen LogP contribution in [0.1, 0.15) is 10.4 Å². The molecule has 5 nitrogen and oxygen atoms in total. The van der Waals surface area contributed by atoms with Crippen molar-refractivity contribution in [3.63, 3.8) is 0 Å². The van der Waals surface area contributed by atoms with Crippen molar-refractivity contribution in [2.45, 2.75) is 12.7 Å². The fraction of sp³-hybridized carbons (Fsp3) is 0.0870. The quantitative estimate of drug-likeness (QED) is 0.275. The third-order valence-electron chi connectivity index (χ3n) is 5.30. The molecule has 0 unspecified atom stereocenters. The van der Waals surface area contributed by atoms with E-state index in [4.69, 9.17) is 11.6 Å². The zero-order chi connectivity index (χ0) is 23.3. The normalized spacial score (nSPS) is 12.0. The van der Waals surface area contributed by atoms with Crippen molar-refractivity contribution in [3.05, 3.63) is 92.3 Å². The van der Waals surface area contributed by atoms with Gasteiger partial charge in [0.1, 0.15) is 18.3 Å². The van der Waals surface area contributed by atoms with Crippen molar-refractivity contribution in [1.82, 2.24) is 9.38 Å². The Morgan fingerprint density at radius 3 is 2.64 bits per heavy atom. The first-order chi connectivity index (χ1) is 15.7. The lowest BCUT2D eigenvalue weighted by Gasteiger charge is -2.18. The van der Waals surface area contributed by atoms with Crippen molar-refractivity contribution in [3.8, 4) is 17.0 Å². The molecule has 0 bridgehead atoms. The molecule has 0 saturated heterocycles. The Balaban J connectivity index is 1.87. The van der Waals surface area contributed by atoms with Gasteiger partial charge in [0.05, 0.1) is 21.7 Å². The maximum Gasteiger partial charge on any atom is 0.416 e. The van der Waals surface area contributed by atoms with E-state index in [-0.39, 0.29) is 17.7 Å². The summed E-state index contributed by atoms with van der Waals surface area (Å²) in [5, 5.41) is 15.1. The molecule has 2 aromatic carbocycles. The summed E-state index contributed by atoms with van der Waals surface area (Å²) in [7, 11) is 0. The summed E-state index contributed by atoms with van der Waals surface area (Å²) in [6.07, 6.45) is -1.57. The number of hydrogen-bond donors (Lipinski definition) is 0. The number of pyridine rings is 1. The second-order valence-electron chi connectivity index (χ2n) is 7.33. The highest BCUT2D eigenvalue weighted by atomic mass is 35.5. The second kappa shape index (κ2) is 7.86. The van der Waals surface area contributed by atoms with Crippen molar-refractivity contribution < 1.29 is 22.8 Å². The molecule has 0 aliphatic carbocycles. The maximum absolute atomic E-state index is 13.6. The molecule has 0 aliphatic rings. The van der Waals surface area contributed by atoms with Gasteiger partial charge in [-0.1, -0.05) is 41.9 Å². The van der Waals surface area contributed by atoms with Crippen molar-refractivity contribution in [2.75, 3.05) is 0 Å². The highest BCUT2D eigenvalue weighted by Gasteiger charge is 2.31. The number of hydrogen-bond acceptors (Lipinski definition) is 4. The van der Waals surface area contributed by atoms with Crippen LogP contribution in [0, 0.1) is 0 Å². The summed E-state index contributed by atoms with van der Waals surface area (Å²) >= 11 is 7.13. The molecule has 3 aromatic heterocycles. The van der Waals surface area contributed by atoms with E-state index in [1.807, 2.05) is 12.1 Å². The van der Waals surface area contributed by atoms with Crippen LogP contribution in [0.25, 0.3) is 27.5 Å². The lowest BCUT2D eigenvalue weighted by Crippen LogP contribution is -2.44. The zero-order valence-electron chi connectivity index (χ0n) is 16.6. The molecule has 10 heteroatoms. The zero-order valence-corrected chi connectivity index (χ0v) is 18.2. The largest absolute Gasteiger partial charge is 0.842 e. The fourth-order valence-corrected chi connectivity index (χ4v) is 4.81. The summed E-state index contributed by atoms with van der Waals surface area (Å²) in [4.78, 5) is 18.1. The molecule has 3 heterocycles. The number of nitrogens with zero attached hydrogens (tertiary/aromatic N) is 3. The topological polar surface area (TPSA) is 61.3 Å². The summed E-state index contributed by atoms with van der Waals surface area (Å²) in [6, 6.07) is 13.2. The third-order valence-corrected chi connectivity index (χ3v) is 6.40. The van der Waals surface area contributed by atoms with Crippen LogP contribution in [0.4, 0.5) is 13.2 Å². The minimum absolute atomic E-state index is 0.0486. The Morgan fingerprint density at radius 1 is 1.12 bits per heavy atom. The highest BCUT2D eigenvalue weighted by molar-refractivity contribution is 7.15. The number of aromatic nitrogens is 3. The van der Waals surface area contributed by atoms with Crippen LogP contribution in [0.3, 0.4) is 0 Å². The van der Waals surface area contributed by atoms with Gasteiger partial charge in [-0.25, -0.2) is 14.3 Å². The molecular formula is C23H13ClF3N3O2S. The van der Waals surface area contributed by atoms with Crippen molar-refractivity contribution in [1.29, 1.82) is 0 Å². The van der Waals surface area contributed by atoms with Crippen LogP contribution < -0.4 is 15.2 Å². The first kappa shape index (κ1) is 21.4. The van der Waals surface area contributed by atoms with E-state index in [9.17, 15) is 23.1 Å². The number of thiazole rings is 1. The number of fused-ring (bicyclic) bond motifs is 3. The SMILES string of the molecule is O=c1c(-c2cccc(C(F)(F)F)c2)c([O-])[n+](Cc2cnc(Cl)s2)c2c3ccccc3ccn12. The Labute approximate surface area is 193 Å². The number of rotatable bonds is 3. The summed E-state index contributed by atoms with van der Waals surface area (Å²) < 4.78 is 42.9. The maximum atomic E-state index is 13.6. The van der Waals surface area contributed by atoms with E-state index in [0.717, 1.165) is 17.5 Å². The van der Waals surface area contributed by atoms with E-state index in [1.165, 1.54) is 44.8 Å². The molecule has 0 N–H and O–H groups in total. The number of halogens is 4. The van der Waals surface area contributed by atoms with Crippen molar-refractivity contribution >= 4 is 39.4 Å². The van der Waals surface area contributed by atoms with E-state index < -0.39 is 23.2 Å². The molecule has 0 aliphatic heterocycles. The Hall–Kier alpha value is -3.43. The van der Waals surface area contributed by atoms with Gasteiger partial charge < -0.3 is 5.11 Å². The molecule has 0 radical (unpaired) electrons. The summed E-state index contributed by atoms with van der Waals surface area (Å²) in [5.41, 5.74) is -1.74. The lowest BCUT2D eigenvalue weighted by atomic mass is 10.0. The molecule has 0 fully saturated rings. The van der Waals surface area contributed by atoms with Crippen LogP contribution in [0.15, 0.2) is 71.8 Å². The second-order valence-corrected chi connectivity index (χ2v) is 9.02. The van der Waals surface area contributed by atoms with Gasteiger partial charge in [-0.05, 0) is 35.2 Å². The van der Waals surface area contributed by atoms with Crippen LogP contribution in [0.5, 0.6) is 5.88 Å². The Kier molecular flexibility index (Phi) is 5.10. The standard InChI is InChI=1S/C23H13ClF3N3O2S/c24-22-28-11-16(33-22)12-30-19-17-7-2-1-4-13(17)8-9-29(19)20(31)18(21(30)32)14-5-3-6-15(10-14)23(25,26)27/h1-11H,12H2. The molecule has 0 spiro atoms. The lowest BCUT2D eigenvalue weighted by molar-refractivity contribution is -0.707. The molecule has 166 valence electrons. The summed E-state index contributed by atoms with van der Waals surface area (Å²) in [6.45, 7) is 0.0486. The van der Waals surface area contributed by atoms with Crippen LogP contribution >= 0.6 is 22.9 Å². The van der Waals surface area contributed by atoms with Crippen LogP contribution in [0.2, 0.25) is 4.47 Å². The van der Waals surface area contributed by atoms with Crippen molar-refractivity contribution in [2.24, 2.45) is 0 Å². The molecule has 0 amide bonds. The Bertz CT molecular complexity index is 1590. The molecular weight excluding hydrogens is 475 g/mol. The summed E-state index contributed by atoms with van der Waals surface area (Å²) in [5.74, 6) is -0.694. The smallest absolute Gasteiger partial charge is 0.416 e. The van der Waals surface area contributed by atoms with E-state index in [1.54, 1.807) is 18.2 Å². The van der Waals surface area contributed by atoms with Gasteiger partial charge in [0, 0.05) is 6.20 Å². The Morgan fingerprint density at radius 2 is 1.91 bits per heavy atom.